The smallest absolute Gasteiger partial charge is 0.257 e. The molecular formula is C18H18N4O2S. The quantitative estimate of drug-likeness (QED) is 0.765. The van der Waals surface area contributed by atoms with E-state index in [1.165, 1.54) is 30.6 Å². The SMILES string of the molecule is O=C(Nc1nc(-c2ccco2)c(N2CCCCC2)s1)c1ccncc1. The number of thiazole rings is 1. The monoisotopic (exact) mass is 354 g/mol. The van der Waals surface area contributed by atoms with Crippen molar-refractivity contribution in [3.8, 4) is 11.5 Å². The predicted molar refractivity (Wildman–Crippen MR) is 98.1 cm³/mol. The lowest BCUT2D eigenvalue weighted by Gasteiger charge is -2.27. The summed E-state index contributed by atoms with van der Waals surface area (Å²) < 4.78 is 5.55. The lowest BCUT2D eigenvalue weighted by molar-refractivity contribution is 0.102. The molecule has 7 heteroatoms. The molecule has 6 nitrogen and oxygen atoms in total. The Bertz CT molecular complexity index is 839. The van der Waals surface area contributed by atoms with Crippen molar-refractivity contribution in [1.82, 2.24) is 9.97 Å². The highest BCUT2D eigenvalue weighted by atomic mass is 32.1. The Morgan fingerprint density at radius 2 is 1.96 bits per heavy atom. The molecule has 0 aromatic carbocycles. The fourth-order valence-electron chi connectivity index (χ4n) is 2.92. The third-order valence-electron chi connectivity index (χ3n) is 4.17. The van der Waals surface area contributed by atoms with Gasteiger partial charge in [0.2, 0.25) is 0 Å². The summed E-state index contributed by atoms with van der Waals surface area (Å²) in [6.45, 7) is 2.02. The summed E-state index contributed by atoms with van der Waals surface area (Å²) in [6, 6.07) is 7.12. The number of carbonyl (C=O) groups is 1. The summed E-state index contributed by atoms with van der Waals surface area (Å²) in [4.78, 5) is 23.3. The Balaban J connectivity index is 1.63. The molecule has 128 valence electrons. The van der Waals surface area contributed by atoms with Crippen molar-refractivity contribution in [3.63, 3.8) is 0 Å². The van der Waals surface area contributed by atoms with Crippen molar-refractivity contribution in [2.45, 2.75) is 19.3 Å². The lowest BCUT2D eigenvalue weighted by Crippen LogP contribution is -2.28. The number of aromatic nitrogens is 2. The average Bonchev–Trinajstić information content (AvgIpc) is 3.33. The van der Waals surface area contributed by atoms with E-state index in [1.54, 1.807) is 30.8 Å². The van der Waals surface area contributed by atoms with Crippen molar-refractivity contribution in [2.75, 3.05) is 23.3 Å². The maximum Gasteiger partial charge on any atom is 0.257 e. The van der Waals surface area contributed by atoms with E-state index in [4.69, 9.17) is 4.42 Å². The molecule has 0 atom stereocenters. The van der Waals surface area contributed by atoms with Crippen LogP contribution in [-0.2, 0) is 0 Å². The highest BCUT2D eigenvalue weighted by Crippen LogP contribution is 2.40. The maximum absolute atomic E-state index is 12.4. The van der Waals surface area contributed by atoms with Gasteiger partial charge in [-0.15, -0.1) is 0 Å². The largest absolute Gasteiger partial charge is 0.463 e. The standard InChI is InChI=1S/C18H18N4O2S/c23-16(13-6-8-19-9-7-13)21-18-20-15(14-5-4-12-24-14)17(25-18)22-10-2-1-3-11-22/h4-9,12H,1-3,10-11H2,(H,20,21,23). The second-order valence-corrected chi connectivity index (χ2v) is 6.87. The van der Waals surface area contributed by atoms with Gasteiger partial charge in [0.25, 0.3) is 5.91 Å². The van der Waals surface area contributed by atoms with E-state index in [0.717, 1.165) is 29.5 Å². The fraction of sp³-hybridized carbons (Fsp3) is 0.278. The summed E-state index contributed by atoms with van der Waals surface area (Å²) in [7, 11) is 0. The van der Waals surface area contributed by atoms with Gasteiger partial charge in [-0.3, -0.25) is 15.1 Å². The number of pyridine rings is 1. The summed E-state index contributed by atoms with van der Waals surface area (Å²) in [5, 5.41) is 4.53. The second-order valence-electron chi connectivity index (χ2n) is 5.89. The number of piperidine rings is 1. The van der Waals surface area contributed by atoms with Gasteiger partial charge in [-0.05, 0) is 43.5 Å². The molecular weight excluding hydrogens is 336 g/mol. The average molecular weight is 354 g/mol. The number of hydrogen-bond acceptors (Lipinski definition) is 6. The third-order valence-corrected chi connectivity index (χ3v) is 5.20. The van der Waals surface area contributed by atoms with Crippen LogP contribution in [0.5, 0.6) is 0 Å². The fourth-order valence-corrected chi connectivity index (χ4v) is 3.94. The summed E-state index contributed by atoms with van der Waals surface area (Å²) in [6.07, 6.45) is 8.46. The summed E-state index contributed by atoms with van der Waals surface area (Å²) in [5.74, 6) is 0.536. The van der Waals surface area contributed by atoms with Gasteiger partial charge < -0.3 is 9.32 Å². The van der Waals surface area contributed by atoms with Crippen LogP contribution in [0.25, 0.3) is 11.5 Å². The van der Waals surface area contributed by atoms with E-state index in [9.17, 15) is 4.79 Å². The minimum atomic E-state index is -0.188. The van der Waals surface area contributed by atoms with Crippen molar-refractivity contribution in [3.05, 3.63) is 48.5 Å². The van der Waals surface area contributed by atoms with Gasteiger partial charge in [0, 0.05) is 31.0 Å². The number of nitrogens with one attached hydrogen (secondary N) is 1. The highest BCUT2D eigenvalue weighted by Gasteiger charge is 2.23. The van der Waals surface area contributed by atoms with Crippen LogP contribution in [0.1, 0.15) is 29.6 Å². The topological polar surface area (TPSA) is 71.3 Å². The molecule has 3 aromatic heterocycles. The van der Waals surface area contributed by atoms with Gasteiger partial charge in [-0.2, -0.15) is 0 Å². The van der Waals surface area contributed by atoms with Crippen LogP contribution in [0.3, 0.4) is 0 Å². The molecule has 0 radical (unpaired) electrons. The van der Waals surface area contributed by atoms with Gasteiger partial charge in [0.15, 0.2) is 10.9 Å². The molecule has 0 saturated carbocycles. The van der Waals surface area contributed by atoms with Crippen molar-refractivity contribution in [2.24, 2.45) is 0 Å². The Morgan fingerprint density at radius 1 is 1.16 bits per heavy atom. The molecule has 1 amide bonds. The van der Waals surface area contributed by atoms with Crippen molar-refractivity contribution in [1.29, 1.82) is 0 Å². The molecule has 1 aliphatic heterocycles. The molecule has 0 unspecified atom stereocenters. The minimum absolute atomic E-state index is 0.188. The molecule has 0 bridgehead atoms. The molecule has 1 N–H and O–H groups in total. The van der Waals surface area contributed by atoms with Gasteiger partial charge in [0.05, 0.1) is 6.26 Å². The summed E-state index contributed by atoms with van der Waals surface area (Å²) >= 11 is 1.49. The van der Waals surface area contributed by atoms with E-state index in [0.29, 0.717) is 10.7 Å². The number of carbonyl (C=O) groups excluding carboxylic acids is 1. The Kier molecular flexibility index (Phi) is 4.47. The molecule has 3 aromatic rings. The molecule has 4 rings (SSSR count). The lowest BCUT2D eigenvalue weighted by atomic mass is 10.1. The van der Waals surface area contributed by atoms with E-state index < -0.39 is 0 Å². The number of hydrogen-bond donors (Lipinski definition) is 1. The first kappa shape index (κ1) is 15.8. The van der Waals surface area contributed by atoms with Gasteiger partial charge in [0.1, 0.15) is 10.7 Å². The van der Waals surface area contributed by atoms with Crippen LogP contribution in [0, 0.1) is 0 Å². The summed E-state index contributed by atoms with van der Waals surface area (Å²) in [5.41, 5.74) is 1.35. The normalized spacial score (nSPS) is 14.5. The zero-order valence-electron chi connectivity index (χ0n) is 13.6. The number of nitrogens with zero attached hydrogens (tertiary/aromatic N) is 3. The van der Waals surface area contributed by atoms with Crippen LogP contribution in [0.15, 0.2) is 47.3 Å². The number of anilines is 2. The number of amides is 1. The minimum Gasteiger partial charge on any atom is -0.463 e. The second kappa shape index (κ2) is 7.06. The maximum atomic E-state index is 12.4. The van der Waals surface area contributed by atoms with Crippen LogP contribution >= 0.6 is 11.3 Å². The van der Waals surface area contributed by atoms with Crippen molar-refractivity contribution >= 4 is 27.4 Å². The molecule has 0 spiro atoms. The van der Waals surface area contributed by atoms with E-state index in [1.807, 2.05) is 12.1 Å². The van der Waals surface area contributed by atoms with Crippen LogP contribution in [-0.4, -0.2) is 29.0 Å². The van der Waals surface area contributed by atoms with E-state index in [2.05, 4.69) is 20.2 Å². The Hall–Kier alpha value is -2.67. The van der Waals surface area contributed by atoms with E-state index in [-0.39, 0.29) is 5.91 Å². The third kappa shape index (κ3) is 3.41. The van der Waals surface area contributed by atoms with Crippen LogP contribution < -0.4 is 10.2 Å². The van der Waals surface area contributed by atoms with E-state index >= 15 is 0 Å². The molecule has 1 aliphatic rings. The predicted octanol–water partition coefficient (Wildman–Crippen LogP) is 4.04. The molecule has 1 fully saturated rings. The first-order chi connectivity index (χ1) is 12.3. The Labute approximate surface area is 149 Å². The van der Waals surface area contributed by atoms with Crippen LogP contribution in [0.4, 0.5) is 10.1 Å². The van der Waals surface area contributed by atoms with Gasteiger partial charge >= 0.3 is 0 Å². The molecule has 4 heterocycles. The Morgan fingerprint density at radius 3 is 2.68 bits per heavy atom. The molecule has 0 aliphatic carbocycles. The number of furan rings is 1. The van der Waals surface area contributed by atoms with Gasteiger partial charge in [-0.25, -0.2) is 4.98 Å². The number of rotatable bonds is 4. The first-order valence-electron chi connectivity index (χ1n) is 8.32. The zero-order chi connectivity index (χ0) is 17.1. The molecule has 1 saturated heterocycles. The van der Waals surface area contributed by atoms with Crippen LogP contribution in [0.2, 0.25) is 0 Å². The van der Waals surface area contributed by atoms with Crippen molar-refractivity contribution < 1.29 is 9.21 Å². The highest BCUT2D eigenvalue weighted by molar-refractivity contribution is 7.20. The first-order valence-corrected chi connectivity index (χ1v) is 9.14. The molecule has 25 heavy (non-hydrogen) atoms. The van der Waals surface area contributed by atoms with Gasteiger partial charge in [-0.1, -0.05) is 11.3 Å². The zero-order valence-corrected chi connectivity index (χ0v) is 14.5.